The minimum atomic E-state index is -0.276. The lowest BCUT2D eigenvalue weighted by Gasteiger charge is -2.34. The minimum absolute atomic E-state index is 0.134. The van der Waals surface area contributed by atoms with Crippen molar-refractivity contribution in [3.63, 3.8) is 0 Å². The molecule has 0 saturated carbocycles. The second-order valence-corrected chi connectivity index (χ2v) is 6.68. The lowest BCUT2D eigenvalue weighted by Crippen LogP contribution is -2.43. The summed E-state index contributed by atoms with van der Waals surface area (Å²) in [6.45, 7) is 8.92. The average Bonchev–Trinajstić information content (AvgIpc) is 2.25. The number of rotatable bonds is 6. The van der Waals surface area contributed by atoms with E-state index in [9.17, 15) is 9.59 Å². The van der Waals surface area contributed by atoms with Crippen LogP contribution in [0.25, 0.3) is 0 Å². The molecular formula is C13H23NO3S. The fourth-order valence-electron chi connectivity index (χ4n) is 2.22. The normalized spacial score (nSPS) is 24.8. The van der Waals surface area contributed by atoms with Crippen LogP contribution in [0.2, 0.25) is 0 Å². The van der Waals surface area contributed by atoms with Crippen molar-refractivity contribution in [1.82, 2.24) is 4.90 Å². The van der Waals surface area contributed by atoms with Crippen LogP contribution in [0.15, 0.2) is 0 Å². The van der Waals surface area contributed by atoms with Crippen molar-refractivity contribution in [2.45, 2.75) is 44.1 Å². The van der Waals surface area contributed by atoms with Gasteiger partial charge in [-0.1, -0.05) is 13.8 Å². The van der Waals surface area contributed by atoms with E-state index in [-0.39, 0.29) is 18.2 Å². The number of carbonyl (C=O) groups is 2. The summed E-state index contributed by atoms with van der Waals surface area (Å²) in [7, 11) is 0. The molecule has 2 unspecified atom stereocenters. The van der Waals surface area contributed by atoms with Crippen molar-refractivity contribution in [1.29, 1.82) is 0 Å². The Labute approximate surface area is 113 Å². The third-order valence-corrected chi connectivity index (χ3v) is 4.04. The summed E-state index contributed by atoms with van der Waals surface area (Å²) in [5.74, 6) is -0.142. The zero-order valence-corrected chi connectivity index (χ0v) is 12.3. The van der Waals surface area contributed by atoms with Crippen molar-refractivity contribution in [3.8, 4) is 0 Å². The number of hydrogen-bond donors (Lipinski definition) is 0. The largest absolute Gasteiger partial charge is 0.466 e. The lowest BCUT2D eigenvalue weighted by atomic mass is 10.2. The topological polar surface area (TPSA) is 46.6 Å². The fraction of sp³-hybridized carbons (Fsp3) is 0.846. The van der Waals surface area contributed by atoms with Gasteiger partial charge in [0.05, 0.1) is 19.6 Å². The van der Waals surface area contributed by atoms with Gasteiger partial charge in [0.1, 0.15) is 5.78 Å². The average molecular weight is 273 g/mol. The molecule has 5 heteroatoms. The van der Waals surface area contributed by atoms with Gasteiger partial charge in [-0.25, -0.2) is 0 Å². The SMILES string of the molecule is CCOC(=O)CCC(=O)CN1CC(C)SC(C)C1. The van der Waals surface area contributed by atoms with Crippen molar-refractivity contribution in [2.24, 2.45) is 0 Å². The molecule has 0 aromatic rings. The van der Waals surface area contributed by atoms with Gasteiger partial charge in [0.25, 0.3) is 0 Å². The van der Waals surface area contributed by atoms with E-state index in [2.05, 4.69) is 18.7 Å². The molecule has 1 aliphatic heterocycles. The van der Waals surface area contributed by atoms with Crippen LogP contribution < -0.4 is 0 Å². The molecular weight excluding hydrogens is 250 g/mol. The zero-order valence-electron chi connectivity index (χ0n) is 11.5. The van der Waals surface area contributed by atoms with Crippen LogP contribution in [0.5, 0.6) is 0 Å². The van der Waals surface area contributed by atoms with Crippen LogP contribution in [0, 0.1) is 0 Å². The second-order valence-electron chi connectivity index (χ2n) is 4.80. The summed E-state index contributed by atoms with van der Waals surface area (Å²) in [5, 5.41) is 1.15. The third-order valence-electron chi connectivity index (χ3n) is 2.81. The van der Waals surface area contributed by atoms with Crippen LogP contribution in [0.4, 0.5) is 0 Å². The van der Waals surface area contributed by atoms with Gasteiger partial charge in [0.15, 0.2) is 0 Å². The number of thioether (sulfide) groups is 1. The van der Waals surface area contributed by atoms with Crippen LogP contribution >= 0.6 is 11.8 Å². The number of ether oxygens (including phenoxy) is 1. The summed E-state index contributed by atoms with van der Waals surface area (Å²) in [5.41, 5.74) is 0. The van der Waals surface area contributed by atoms with Crippen molar-refractivity contribution >= 4 is 23.5 Å². The van der Waals surface area contributed by atoms with Crippen LogP contribution in [0.1, 0.15) is 33.6 Å². The van der Waals surface area contributed by atoms with Crippen molar-refractivity contribution in [3.05, 3.63) is 0 Å². The molecule has 1 saturated heterocycles. The Hall–Kier alpha value is -0.550. The smallest absolute Gasteiger partial charge is 0.306 e. The van der Waals surface area contributed by atoms with E-state index in [1.165, 1.54) is 0 Å². The summed E-state index contributed by atoms with van der Waals surface area (Å²) in [4.78, 5) is 25.1. The van der Waals surface area contributed by atoms with Gasteiger partial charge < -0.3 is 4.74 Å². The van der Waals surface area contributed by atoms with Gasteiger partial charge in [-0.2, -0.15) is 11.8 Å². The van der Waals surface area contributed by atoms with Gasteiger partial charge in [-0.15, -0.1) is 0 Å². The van der Waals surface area contributed by atoms with Crippen molar-refractivity contribution < 1.29 is 14.3 Å². The van der Waals surface area contributed by atoms with Gasteiger partial charge in [0, 0.05) is 30.0 Å². The molecule has 0 N–H and O–H groups in total. The molecule has 4 nitrogen and oxygen atoms in total. The van der Waals surface area contributed by atoms with E-state index >= 15 is 0 Å². The van der Waals surface area contributed by atoms with Crippen LogP contribution in [-0.4, -0.2) is 53.4 Å². The van der Waals surface area contributed by atoms with Gasteiger partial charge >= 0.3 is 5.97 Å². The number of nitrogens with zero attached hydrogens (tertiary/aromatic N) is 1. The zero-order chi connectivity index (χ0) is 13.5. The number of hydrogen-bond acceptors (Lipinski definition) is 5. The lowest BCUT2D eigenvalue weighted by molar-refractivity contribution is -0.144. The Morgan fingerprint density at radius 3 is 2.39 bits per heavy atom. The first-order valence-electron chi connectivity index (χ1n) is 6.56. The molecule has 1 rings (SSSR count). The predicted molar refractivity (Wildman–Crippen MR) is 73.8 cm³/mol. The quantitative estimate of drug-likeness (QED) is 0.690. The van der Waals surface area contributed by atoms with E-state index in [1.807, 2.05) is 11.8 Å². The highest BCUT2D eigenvalue weighted by Gasteiger charge is 2.23. The van der Waals surface area contributed by atoms with Crippen LogP contribution in [0.3, 0.4) is 0 Å². The van der Waals surface area contributed by atoms with Gasteiger partial charge in [0.2, 0.25) is 0 Å². The molecule has 0 radical (unpaired) electrons. The third kappa shape index (κ3) is 5.87. The molecule has 18 heavy (non-hydrogen) atoms. The molecule has 0 aromatic heterocycles. The summed E-state index contributed by atoms with van der Waals surface area (Å²) < 4.78 is 4.81. The predicted octanol–water partition coefficient (Wildman–Crippen LogP) is 1.72. The molecule has 0 aliphatic carbocycles. The highest BCUT2D eigenvalue weighted by atomic mass is 32.2. The molecule has 104 valence electrons. The van der Waals surface area contributed by atoms with E-state index in [0.29, 0.717) is 30.1 Å². The first-order chi connectivity index (χ1) is 8.51. The molecule has 0 aromatic carbocycles. The molecule has 0 bridgehead atoms. The monoisotopic (exact) mass is 273 g/mol. The van der Waals surface area contributed by atoms with Crippen LogP contribution in [-0.2, 0) is 14.3 Å². The first kappa shape index (κ1) is 15.5. The molecule has 1 aliphatic rings. The molecule has 1 heterocycles. The Morgan fingerprint density at radius 2 is 1.83 bits per heavy atom. The van der Waals surface area contributed by atoms with Gasteiger partial charge in [-0.05, 0) is 6.92 Å². The molecule has 0 spiro atoms. The number of carbonyl (C=O) groups excluding carboxylic acids is 2. The van der Waals surface area contributed by atoms with E-state index < -0.39 is 0 Å². The Morgan fingerprint density at radius 1 is 1.22 bits per heavy atom. The maximum atomic E-state index is 11.8. The molecule has 0 amide bonds. The molecule has 1 fully saturated rings. The summed E-state index contributed by atoms with van der Waals surface area (Å²) in [6.07, 6.45) is 0.506. The minimum Gasteiger partial charge on any atom is -0.466 e. The fourth-order valence-corrected chi connectivity index (χ4v) is 3.60. The second kappa shape index (κ2) is 7.79. The van der Waals surface area contributed by atoms with Gasteiger partial charge in [-0.3, -0.25) is 14.5 Å². The number of Topliss-reactive ketones (excluding diaryl/α,β-unsaturated/α-hetero) is 1. The maximum Gasteiger partial charge on any atom is 0.306 e. The number of ketones is 1. The highest BCUT2D eigenvalue weighted by molar-refractivity contribution is 8.00. The number of esters is 1. The standard InChI is InChI=1S/C13H23NO3S/c1-4-17-13(16)6-5-12(15)9-14-7-10(2)18-11(3)8-14/h10-11H,4-9H2,1-3H3. The van der Waals surface area contributed by atoms with E-state index in [4.69, 9.17) is 4.74 Å². The van der Waals surface area contributed by atoms with E-state index in [1.54, 1.807) is 6.92 Å². The summed E-state index contributed by atoms with van der Waals surface area (Å²) >= 11 is 1.97. The highest BCUT2D eigenvalue weighted by Crippen LogP contribution is 2.24. The summed E-state index contributed by atoms with van der Waals surface area (Å²) in [6, 6.07) is 0. The molecule has 2 atom stereocenters. The van der Waals surface area contributed by atoms with Crippen molar-refractivity contribution in [2.75, 3.05) is 26.2 Å². The maximum absolute atomic E-state index is 11.8. The Kier molecular flexibility index (Phi) is 6.71. The first-order valence-corrected chi connectivity index (χ1v) is 7.50. The Balaban J connectivity index is 2.25. The van der Waals surface area contributed by atoms with E-state index in [0.717, 1.165) is 13.1 Å². The Bertz CT molecular complexity index is 286.